The fourth-order valence-corrected chi connectivity index (χ4v) is 4.27. The van der Waals surface area contributed by atoms with E-state index in [1.807, 2.05) is 16.8 Å². The van der Waals surface area contributed by atoms with E-state index >= 15 is 0 Å². The molecule has 8 heteroatoms. The Morgan fingerprint density at radius 3 is 2.86 bits per heavy atom. The summed E-state index contributed by atoms with van der Waals surface area (Å²) in [5.74, 6) is -2.58. The average molecular weight is 407 g/mol. The van der Waals surface area contributed by atoms with Crippen molar-refractivity contribution in [1.29, 1.82) is 5.26 Å². The lowest BCUT2D eigenvalue weighted by Gasteiger charge is -2.17. The number of ether oxygens (including phenoxy) is 1. The molecular formula is C20H28F2N4OSi. The first-order valence-electron chi connectivity index (χ1n) is 9.75. The lowest BCUT2D eigenvalue weighted by Crippen LogP contribution is -2.28. The molecule has 2 aromatic rings. The fraction of sp³-hybridized carbons (Fsp3) is 0.600. The van der Waals surface area contributed by atoms with Crippen LogP contribution in [0.1, 0.15) is 30.5 Å². The molecule has 0 amide bonds. The summed E-state index contributed by atoms with van der Waals surface area (Å²) in [6.07, 6.45) is 2.17. The number of nitrogens with zero attached hydrogens (tertiary/aromatic N) is 3. The van der Waals surface area contributed by atoms with Gasteiger partial charge in [0.15, 0.2) is 0 Å². The number of rotatable bonds is 8. The van der Waals surface area contributed by atoms with Crippen molar-refractivity contribution >= 4 is 19.1 Å². The van der Waals surface area contributed by atoms with E-state index in [-0.39, 0.29) is 18.9 Å². The Bertz CT molecular complexity index is 869. The highest BCUT2D eigenvalue weighted by Crippen LogP contribution is 2.35. The molecule has 28 heavy (non-hydrogen) atoms. The van der Waals surface area contributed by atoms with Gasteiger partial charge in [-0.25, -0.2) is 13.8 Å². The Kier molecular flexibility index (Phi) is 6.17. The molecule has 0 radical (unpaired) electrons. The van der Waals surface area contributed by atoms with Gasteiger partial charge in [0.25, 0.3) is 0 Å². The Hall–Kier alpha value is -1.82. The van der Waals surface area contributed by atoms with Gasteiger partial charge < -0.3 is 14.6 Å². The summed E-state index contributed by atoms with van der Waals surface area (Å²) < 4.78 is 34.7. The summed E-state index contributed by atoms with van der Waals surface area (Å²) in [5, 5.41) is 12.5. The van der Waals surface area contributed by atoms with E-state index in [0.717, 1.165) is 22.6 Å². The topological polar surface area (TPSA) is 62.9 Å². The van der Waals surface area contributed by atoms with Gasteiger partial charge in [0.1, 0.15) is 18.5 Å². The molecule has 1 atom stereocenters. The second kappa shape index (κ2) is 8.27. The molecule has 2 aromatic heterocycles. The molecule has 1 N–H and O–H groups in total. The van der Waals surface area contributed by atoms with Gasteiger partial charge >= 0.3 is 0 Å². The Labute approximate surface area is 165 Å². The van der Waals surface area contributed by atoms with Crippen LogP contribution in [0, 0.1) is 11.3 Å². The first-order valence-corrected chi connectivity index (χ1v) is 13.5. The Morgan fingerprint density at radius 2 is 2.21 bits per heavy atom. The predicted octanol–water partition coefficient (Wildman–Crippen LogP) is 4.50. The number of hydrogen-bond acceptors (Lipinski definition) is 4. The summed E-state index contributed by atoms with van der Waals surface area (Å²) in [5.41, 5.74) is 2.83. The van der Waals surface area contributed by atoms with Crippen LogP contribution in [-0.2, 0) is 18.0 Å². The van der Waals surface area contributed by atoms with E-state index < -0.39 is 14.0 Å². The number of nitriles is 1. The van der Waals surface area contributed by atoms with Crippen LogP contribution in [0.2, 0.25) is 25.7 Å². The largest absolute Gasteiger partial charge is 0.361 e. The average Bonchev–Trinajstić information content (AvgIpc) is 3.18. The molecule has 0 aliphatic heterocycles. The van der Waals surface area contributed by atoms with Crippen molar-refractivity contribution in [2.24, 2.45) is 0 Å². The van der Waals surface area contributed by atoms with Gasteiger partial charge in [-0.3, -0.25) is 0 Å². The smallest absolute Gasteiger partial charge is 0.249 e. The lowest BCUT2D eigenvalue weighted by molar-refractivity contribution is 0.00687. The van der Waals surface area contributed by atoms with Crippen molar-refractivity contribution in [3.8, 4) is 6.07 Å². The molecule has 0 unspecified atom stereocenters. The minimum atomic E-state index is -2.58. The third-order valence-electron chi connectivity index (χ3n) is 5.12. The van der Waals surface area contributed by atoms with E-state index in [9.17, 15) is 14.0 Å². The minimum absolute atomic E-state index is 0.0683. The maximum Gasteiger partial charge on any atom is 0.249 e. The van der Waals surface area contributed by atoms with Crippen molar-refractivity contribution in [2.75, 3.05) is 6.61 Å². The highest BCUT2D eigenvalue weighted by Gasteiger charge is 2.39. The van der Waals surface area contributed by atoms with E-state index in [0.29, 0.717) is 32.0 Å². The summed E-state index contributed by atoms with van der Waals surface area (Å²) >= 11 is 0. The van der Waals surface area contributed by atoms with Crippen LogP contribution in [0.25, 0.3) is 11.0 Å². The Balaban J connectivity index is 1.74. The van der Waals surface area contributed by atoms with Crippen LogP contribution in [-0.4, -0.2) is 36.2 Å². The van der Waals surface area contributed by atoms with Gasteiger partial charge in [-0.1, -0.05) is 19.6 Å². The van der Waals surface area contributed by atoms with Crippen LogP contribution in [0.3, 0.4) is 0 Å². The van der Waals surface area contributed by atoms with E-state index in [4.69, 9.17) is 4.74 Å². The molecule has 5 nitrogen and oxygen atoms in total. The second-order valence-electron chi connectivity index (χ2n) is 8.82. The maximum atomic E-state index is 13.5. The normalized spacial score (nSPS) is 19.2. The van der Waals surface area contributed by atoms with Gasteiger partial charge in [0.05, 0.1) is 11.0 Å². The zero-order valence-electron chi connectivity index (χ0n) is 16.8. The second-order valence-corrected chi connectivity index (χ2v) is 14.4. The zero-order valence-corrected chi connectivity index (χ0v) is 17.8. The summed E-state index contributed by atoms with van der Waals surface area (Å²) in [7, 11) is -1.15. The van der Waals surface area contributed by atoms with Crippen molar-refractivity contribution in [2.45, 2.75) is 70.2 Å². The van der Waals surface area contributed by atoms with Gasteiger partial charge in [-0.05, 0) is 30.2 Å². The number of fused-ring (bicyclic) bond motifs is 1. The summed E-state index contributed by atoms with van der Waals surface area (Å²) in [4.78, 5) is 4.37. The van der Waals surface area contributed by atoms with Gasteiger partial charge in [0.2, 0.25) is 5.92 Å². The van der Waals surface area contributed by atoms with Crippen molar-refractivity contribution in [3.63, 3.8) is 0 Å². The van der Waals surface area contributed by atoms with Crippen molar-refractivity contribution in [3.05, 3.63) is 29.6 Å². The Morgan fingerprint density at radius 1 is 1.43 bits per heavy atom. The van der Waals surface area contributed by atoms with Crippen LogP contribution >= 0.6 is 0 Å². The molecule has 0 bridgehead atoms. The van der Waals surface area contributed by atoms with E-state index in [1.165, 1.54) is 0 Å². The molecule has 0 saturated heterocycles. The first kappa shape index (κ1) is 20.9. The quantitative estimate of drug-likeness (QED) is 0.518. The van der Waals surface area contributed by atoms with Crippen LogP contribution < -0.4 is 5.32 Å². The number of pyridine rings is 1. The highest BCUT2D eigenvalue weighted by molar-refractivity contribution is 6.76. The van der Waals surface area contributed by atoms with Crippen LogP contribution in [0.5, 0.6) is 0 Å². The lowest BCUT2D eigenvalue weighted by atomic mass is 10.1. The monoisotopic (exact) mass is 406 g/mol. The van der Waals surface area contributed by atoms with Gasteiger partial charge in [-0.15, -0.1) is 0 Å². The van der Waals surface area contributed by atoms with Gasteiger partial charge in [0, 0.05) is 46.3 Å². The zero-order chi connectivity index (χ0) is 20.4. The molecular weight excluding hydrogens is 378 g/mol. The fourth-order valence-electron chi connectivity index (χ4n) is 3.52. The highest BCUT2D eigenvalue weighted by atomic mass is 28.3. The summed E-state index contributed by atoms with van der Waals surface area (Å²) in [6, 6.07) is 6.57. The molecule has 152 valence electrons. The number of halogens is 2. The van der Waals surface area contributed by atoms with Gasteiger partial charge in [-0.2, -0.15) is 5.26 Å². The van der Waals surface area contributed by atoms with E-state index in [1.54, 1.807) is 6.07 Å². The number of nitrogens with one attached hydrogen (secondary N) is 1. The molecule has 1 saturated carbocycles. The SMILES string of the molecule is C[Si](C)(C)CCOCn1ccc2nc(C#N)cc(CN[C@H]3CCC(F)(F)C3)c21. The first-order chi connectivity index (χ1) is 13.2. The number of hydrogen-bond donors (Lipinski definition) is 1. The molecule has 2 heterocycles. The molecule has 0 spiro atoms. The summed E-state index contributed by atoms with van der Waals surface area (Å²) in [6.45, 7) is 8.48. The van der Waals surface area contributed by atoms with E-state index in [2.05, 4.69) is 36.0 Å². The molecule has 1 fully saturated rings. The molecule has 1 aliphatic rings. The molecule has 0 aromatic carbocycles. The number of aromatic nitrogens is 2. The number of alkyl halides is 2. The van der Waals surface area contributed by atoms with Crippen molar-refractivity contribution < 1.29 is 13.5 Å². The van der Waals surface area contributed by atoms with Crippen molar-refractivity contribution in [1.82, 2.24) is 14.9 Å². The van der Waals surface area contributed by atoms with Crippen LogP contribution in [0.15, 0.2) is 18.3 Å². The third-order valence-corrected chi connectivity index (χ3v) is 6.83. The third kappa shape index (κ3) is 5.37. The maximum absolute atomic E-state index is 13.5. The minimum Gasteiger partial charge on any atom is -0.361 e. The molecule has 3 rings (SSSR count). The predicted molar refractivity (Wildman–Crippen MR) is 108 cm³/mol. The standard InChI is InChI=1S/C20H28F2N4OSi/c1-28(2,3)9-8-27-14-26-7-5-18-19(26)15(10-17(12-23)25-18)13-24-16-4-6-20(21,22)11-16/h5,7,10,16,24H,4,6,8-9,11,13-14H2,1-3H3/t16-/m0/s1. The molecule has 1 aliphatic carbocycles. The van der Waals surface area contributed by atoms with Crippen LogP contribution in [0.4, 0.5) is 8.78 Å².